The van der Waals surface area contributed by atoms with E-state index in [9.17, 15) is 4.79 Å². The zero-order valence-electron chi connectivity index (χ0n) is 16.5. The monoisotopic (exact) mass is 451 g/mol. The standard InChI is InChI=1S/C23H21N3OS3/c1-2-16-8-10-17(11-9-16)12-19-13-24-22(30-19)26-21(27)15-29-23-25-20(14-28-23)18-6-4-3-5-7-18/h3-11,13-14H,2,12,15H2,1H3,(H,24,26,27). The van der Waals surface area contributed by atoms with Gasteiger partial charge < -0.3 is 5.32 Å². The Morgan fingerprint density at radius 1 is 1.07 bits per heavy atom. The molecular weight excluding hydrogens is 430 g/mol. The Balaban J connectivity index is 1.28. The Hall–Kier alpha value is -2.48. The van der Waals surface area contributed by atoms with Gasteiger partial charge in [0.2, 0.25) is 5.91 Å². The van der Waals surface area contributed by atoms with Gasteiger partial charge in [-0.25, -0.2) is 9.97 Å². The summed E-state index contributed by atoms with van der Waals surface area (Å²) in [6.07, 6.45) is 3.71. The van der Waals surface area contributed by atoms with Crippen LogP contribution in [0.5, 0.6) is 0 Å². The van der Waals surface area contributed by atoms with Crippen molar-refractivity contribution >= 4 is 45.5 Å². The van der Waals surface area contributed by atoms with Crippen LogP contribution in [0.3, 0.4) is 0 Å². The average Bonchev–Trinajstić information content (AvgIpc) is 3.43. The number of amides is 1. The summed E-state index contributed by atoms with van der Waals surface area (Å²) < 4.78 is 0.888. The molecule has 4 nitrogen and oxygen atoms in total. The fourth-order valence-electron chi connectivity index (χ4n) is 2.89. The van der Waals surface area contributed by atoms with Crippen LogP contribution in [0.2, 0.25) is 0 Å². The number of anilines is 1. The zero-order valence-corrected chi connectivity index (χ0v) is 18.9. The molecule has 7 heteroatoms. The second-order valence-corrected chi connectivity index (χ2v) is 9.88. The van der Waals surface area contributed by atoms with Crippen LogP contribution >= 0.6 is 34.4 Å². The number of hydrogen-bond donors (Lipinski definition) is 1. The molecule has 2 aromatic heterocycles. The third kappa shape index (κ3) is 5.56. The largest absolute Gasteiger partial charge is 0.301 e. The maximum atomic E-state index is 12.3. The van der Waals surface area contributed by atoms with Gasteiger partial charge in [-0.15, -0.1) is 22.7 Å². The lowest BCUT2D eigenvalue weighted by molar-refractivity contribution is -0.113. The third-order valence-corrected chi connectivity index (χ3v) is 7.42. The van der Waals surface area contributed by atoms with Crippen molar-refractivity contribution in [3.8, 4) is 11.3 Å². The second-order valence-electron chi connectivity index (χ2n) is 6.68. The fourth-order valence-corrected chi connectivity index (χ4v) is 5.39. The minimum atomic E-state index is -0.0651. The van der Waals surface area contributed by atoms with Crippen molar-refractivity contribution in [2.45, 2.75) is 24.1 Å². The minimum Gasteiger partial charge on any atom is -0.301 e. The predicted octanol–water partition coefficient (Wildman–Crippen LogP) is 6.15. The quantitative estimate of drug-likeness (QED) is 0.326. The molecule has 4 rings (SSSR count). The van der Waals surface area contributed by atoms with E-state index in [2.05, 4.69) is 46.5 Å². The van der Waals surface area contributed by atoms with Crippen molar-refractivity contribution in [3.05, 3.63) is 82.2 Å². The number of nitrogens with one attached hydrogen (secondary N) is 1. The van der Waals surface area contributed by atoms with Gasteiger partial charge >= 0.3 is 0 Å². The zero-order chi connectivity index (χ0) is 20.8. The normalized spacial score (nSPS) is 10.8. The number of nitrogens with zero attached hydrogens (tertiary/aromatic N) is 2. The van der Waals surface area contributed by atoms with Gasteiger partial charge in [0.1, 0.15) is 0 Å². The number of thiazole rings is 2. The molecule has 0 atom stereocenters. The molecule has 0 bridgehead atoms. The first kappa shape index (κ1) is 20.8. The van der Waals surface area contributed by atoms with E-state index in [0.717, 1.165) is 33.3 Å². The summed E-state index contributed by atoms with van der Waals surface area (Å²) in [4.78, 5) is 22.4. The highest BCUT2D eigenvalue weighted by Gasteiger charge is 2.10. The van der Waals surface area contributed by atoms with Crippen LogP contribution in [0.4, 0.5) is 5.13 Å². The molecule has 1 N–H and O–H groups in total. The van der Waals surface area contributed by atoms with E-state index in [1.807, 2.05) is 41.9 Å². The van der Waals surface area contributed by atoms with E-state index >= 15 is 0 Å². The molecule has 0 radical (unpaired) electrons. The fraction of sp³-hybridized carbons (Fsp3) is 0.174. The number of carbonyl (C=O) groups is 1. The van der Waals surface area contributed by atoms with Crippen LogP contribution < -0.4 is 5.32 Å². The van der Waals surface area contributed by atoms with E-state index in [1.165, 1.54) is 34.2 Å². The molecule has 0 aliphatic heterocycles. The molecule has 4 aromatic rings. The van der Waals surface area contributed by atoms with E-state index in [4.69, 9.17) is 0 Å². The van der Waals surface area contributed by atoms with Crippen LogP contribution in [0, 0.1) is 0 Å². The first-order valence-electron chi connectivity index (χ1n) is 9.65. The molecule has 2 aromatic carbocycles. The summed E-state index contributed by atoms with van der Waals surface area (Å²) in [5.74, 6) is 0.249. The van der Waals surface area contributed by atoms with Crippen molar-refractivity contribution < 1.29 is 4.79 Å². The molecule has 0 unspecified atom stereocenters. The molecule has 30 heavy (non-hydrogen) atoms. The van der Waals surface area contributed by atoms with E-state index < -0.39 is 0 Å². The van der Waals surface area contributed by atoms with Crippen LogP contribution in [-0.4, -0.2) is 21.6 Å². The molecule has 0 saturated carbocycles. The van der Waals surface area contributed by atoms with Crippen molar-refractivity contribution in [2.75, 3.05) is 11.1 Å². The van der Waals surface area contributed by atoms with E-state index in [-0.39, 0.29) is 5.91 Å². The molecular formula is C23H21N3OS3. The molecule has 0 fully saturated rings. The van der Waals surface area contributed by atoms with Gasteiger partial charge in [-0.3, -0.25) is 4.79 Å². The van der Waals surface area contributed by atoms with Gasteiger partial charge in [-0.1, -0.05) is 73.3 Å². The molecule has 152 valence electrons. The molecule has 0 aliphatic carbocycles. The Morgan fingerprint density at radius 3 is 2.60 bits per heavy atom. The van der Waals surface area contributed by atoms with Crippen LogP contribution in [0.15, 0.2) is 70.5 Å². The van der Waals surface area contributed by atoms with E-state index in [0.29, 0.717) is 10.9 Å². The summed E-state index contributed by atoms with van der Waals surface area (Å²) in [5.41, 5.74) is 4.62. The minimum absolute atomic E-state index is 0.0651. The first-order chi connectivity index (χ1) is 14.7. The number of benzene rings is 2. The lowest BCUT2D eigenvalue weighted by atomic mass is 10.1. The molecule has 2 heterocycles. The first-order valence-corrected chi connectivity index (χ1v) is 12.3. The van der Waals surface area contributed by atoms with Gasteiger partial charge in [-0.05, 0) is 17.5 Å². The summed E-state index contributed by atoms with van der Waals surface area (Å²) >= 11 is 4.53. The highest BCUT2D eigenvalue weighted by atomic mass is 32.2. The number of aryl methyl sites for hydroxylation is 1. The van der Waals surface area contributed by atoms with Crippen LogP contribution in [0.25, 0.3) is 11.3 Å². The molecule has 1 amide bonds. The van der Waals surface area contributed by atoms with Crippen molar-refractivity contribution in [2.24, 2.45) is 0 Å². The lowest BCUT2D eigenvalue weighted by Gasteiger charge is -2.01. The molecule has 0 spiro atoms. The topological polar surface area (TPSA) is 54.9 Å². The van der Waals surface area contributed by atoms with Crippen molar-refractivity contribution in [1.82, 2.24) is 9.97 Å². The lowest BCUT2D eigenvalue weighted by Crippen LogP contribution is -2.13. The van der Waals surface area contributed by atoms with Crippen molar-refractivity contribution in [3.63, 3.8) is 0 Å². The Labute approximate surface area is 188 Å². The van der Waals surface area contributed by atoms with Gasteiger partial charge in [0, 0.05) is 28.4 Å². The number of aromatic nitrogens is 2. The van der Waals surface area contributed by atoms with E-state index in [1.54, 1.807) is 11.3 Å². The number of hydrogen-bond acceptors (Lipinski definition) is 6. The Bertz CT molecular complexity index is 1100. The summed E-state index contributed by atoms with van der Waals surface area (Å²) in [6, 6.07) is 18.7. The third-order valence-electron chi connectivity index (χ3n) is 4.49. The van der Waals surface area contributed by atoms with Gasteiger partial charge in [-0.2, -0.15) is 0 Å². The maximum Gasteiger partial charge on any atom is 0.236 e. The highest BCUT2D eigenvalue weighted by Crippen LogP contribution is 2.28. The average molecular weight is 452 g/mol. The Kier molecular flexibility index (Phi) is 6.94. The van der Waals surface area contributed by atoms with Crippen molar-refractivity contribution in [1.29, 1.82) is 0 Å². The van der Waals surface area contributed by atoms with Gasteiger partial charge in [0.05, 0.1) is 11.4 Å². The Morgan fingerprint density at radius 2 is 1.83 bits per heavy atom. The second kappa shape index (κ2) is 10.0. The highest BCUT2D eigenvalue weighted by molar-refractivity contribution is 8.01. The molecule has 0 saturated heterocycles. The van der Waals surface area contributed by atoms with Gasteiger partial charge in [0.25, 0.3) is 0 Å². The number of thioether (sulfide) groups is 1. The van der Waals surface area contributed by atoms with Gasteiger partial charge in [0.15, 0.2) is 9.47 Å². The summed E-state index contributed by atoms with van der Waals surface area (Å²) in [6.45, 7) is 2.15. The maximum absolute atomic E-state index is 12.3. The molecule has 0 aliphatic rings. The van der Waals surface area contributed by atoms with Crippen LogP contribution in [0.1, 0.15) is 22.9 Å². The van der Waals surface area contributed by atoms with Crippen LogP contribution in [-0.2, 0) is 17.6 Å². The number of rotatable bonds is 8. The summed E-state index contributed by atoms with van der Waals surface area (Å²) in [5, 5.41) is 5.57. The predicted molar refractivity (Wildman–Crippen MR) is 128 cm³/mol. The number of carbonyl (C=O) groups excluding carboxylic acids is 1. The summed E-state index contributed by atoms with van der Waals surface area (Å²) in [7, 11) is 0. The SMILES string of the molecule is CCc1ccc(Cc2cnc(NC(=O)CSc3nc(-c4ccccc4)cs3)s2)cc1. The smallest absolute Gasteiger partial charge is 0.236 e.